The lowest BCUT2D eigenvalue weighted by Gasteiger charge is -2.16. The molecular formula is C14H20O. The highest BCUT2D eigenvalue weighted by Gasteiger charge is 2.10. The minimum atomic E-state index is 0.393. The molecule has 1 aromatic rings. The van der Waals surface area contributed by atoms with Gasteiger partial charge in [0.25, 0.3) is 0 Å². The summed E-state index contributed by atoms with van der Waals surface area (Å²) in [6.07, 6.45) is 0.976. The maximum absolute atomic E-state index is 9.69. The fourth-order valence-corrected chi connectivity index (χ4v) is 2.02. The molecule has 0 spiro atoms. The number of benzene rings is 1. The summed E-state index contributed by atoms with van der Waals surface area (Å²) in [7, 11) is 0. The van der Waals surface area contributed by atoms with Gasteiger partial charge in [0.05, 0.1) is 0 Å². The summed E-state index contributed by atoms with van der Waals surface area (Å²) in [6, 6.07) is 3.93. The molecule has 0 aliphatic carbocycles. The Balaban J connectivity index is 3.03. The standard InChI is InChI=1S/C14H20O/c1-9(2)6-10(3)13-8-14(15)12(5)7-11(13)4/h7-8,10,15H,1,6H2,2-5H3. The van der Waals surface area contributed by atoms with Crippen LogP contribution in [0.2, 0.25) is 0 Å². The molecule has 15 heavy (non-hydrogen) atoms. The summed E-state index contributed by atoms with van der Waals surface area (Å²) < 4.78 is 0. The minimum Gasteiger partial charge on any atom is -0.508 e. The summed E-state index contributed by atoms with van der Waals surface area (Å²) in [5.41, 5.74) is 4.60. The number of aromatic hydroxyl groups is 1. The van der Waals surface area contributed by atoms with Crippen molar-refractivity contribution in [3.63, 3.8) is 0 Å². The first kappa shape index (κ1) is 11.8. The Bertz CT molecular complexity index is 377. The molecule has 0 aliphatic rings. The fourth-order valence-electron chi connectivity index (χ4n) is 2.02. The van der Waals surface area contributed by atoms with Crippen molar-refractivity contribution < 1.29 is 5.11 Å². The Hall–Kier alpha value is -1.24. The molecule has 1 heteroatoms. The predicted octanol–water partition coefficient (Wildman–Crippen LogP) is 4.08. The van der Waals surface area contributed by atoms with Crippen LogP contribution in [0.1, 0.15) is 42.9 Å². The summed E-state index contributed by atoms with van der Waals surface area (Å²) in [4.78, 5) is 0. The van der Waals surface area contributed by atoms with Crippen molar-refractivity contribution in [2.45, 2.75) is 40.0 Å². The third-order valence-electron chi connectivity index (χ3n) is 2.77. The average molecular weight is 204 g/mol. The van der Waals surface area contributed by atoms with Crippen LogP contribution < -0.4 is 0 Å². The molecule has 0 fully saturated rings. The zero-order chi connectivity index (χ0) is 11.6. The van der Waals surface area contributed by atoms with Gasteiger partial charge in [-0.15, -0.1) is 6.58 Å². The van der Waals surface area contributed by atoms with Crippen molar-refractivity contribution in [1.29, 1.82) is 0 Å². The molecule has 0 aromatic heterocycles. The van der Waals surface area contributed by atoms with Gasteiger partial charge in [0.2, 0.25) is 0 Å². The van der Waals surface area contributed by atoms with E-state index in [1.807, 2.05) is 26.0 Å². The molecule has 0 amide bonds. The molecule has 0 radical (unpaired) electrons. The van der Waals surface area contributed by atoms with E-state index in [4.69, 9.17) is 0 Å². The third kappa shape index (κ3) is 2.85. The topological polar surface area (TPSA) is 20.2 Å². The van der Waals surface area contributed by atoms with Gasteiger partial charge in [-0.1, -0.05) is 18.6 Å². The molecule has 82 valence electrons. The van der Waals surface area contributed by atoms with Gasteiger partial charge >= 0.3 is 0 Å². The van der Waals surface area contributed by atoms with Crippen molar-refractivity contribution in [2.75, 3.05) is 0 Å². The van der Waals surface area contributed by atoms with Crippen LogP contribution in [0.4, 0.5) is 0 Å². The molecule has 1 aromatic carbocycles. The number of aryl methyl sites for hydroxylation is 2. The van der Waals surface area contributed by atoms with Gasteiger partial charge in [-0.25, -0.2) is 0 Å². The third-order valence-corrected chi connectivity index (χ3v) is 2.77. The van der Waals surface area contributed by atoms with E-state index in [9.17, 15) is 5.11 Å². The van der Waals surface area contributed by atoms with Gasteiger partial charge in [0.15, 0.2) is 0 Å². The molecule has 0 bridgehead atoms. The van der Waals surface area contributed by atoms with Crippen molar-refractivity contribution in [3.8, 4) is 5.75 Å². The average Bonchev–Trinajstić information content (AvgIpc) is 2.09. The summed E-state index contributed by atoms with van der Waals surface area (Å²) in [5, 5.41) is 9.69. The Morgan fingerprint density at radius 3 is 2.47 bits per heavy atom. The van der Waals surface area contributed by atoms with E-state index in [0.29, 0.717) is 11.7 Å². The Labute approximate surface area is 92.5 Å². The number of hydrogen-bond acceptors (Lipinski definition) is 1. The van der Waals surface area contributed by atoms with Crippen molar-refractivity contribution in [2.24, 2.45) is 0 Å². The monoisotopic (exact) mass is 204 g/mol. The van der Waals surface area contributed by atoms with Crippen LogP contribution in [-0.2, 0) is 0 Å². The van der Waals surface area contributed by atoms with Gasteiger partial charge < -0.3 is 5.11 Å². The Morgan fingerprint density at radius 2 is 1.93 bits per heavy atom. The van der Waals surface area contributed by atoms with Crippen LogP contribution >= 0.6 is 0 Å². The zero-order valence-electron chi connectivity index (χ0n) is 10.1. The van der Waals surface area contributed by atoms with Crippen LogP contribution in [0.3, 0.4) is 0 Å². The lowest BCUT2D eigenvalue weighted by molar-refractivity contribution is 0.469. The molecule has 1 unspecified atom stereocenters. The lowest BCUT2D eigenvalue weighted by Crippen LogP contribution is -1.98. The highest BCUT2D eigenvalue weighted by atomic mass is 16.3. The SMILES string of the molecule is C=C(C)CC(C)c1cc(O)c(C)cc1C. The molecule has 0 aliphatic heterocycles. The van der Waals surface area contributed by atoms with Gasteiger partial charge in [-0.3, -0.25) is 0 Å². The van der Waals surface area contributed by atoms with Crippen LogP contribution in [0.5, 0.6) is 5.75 Å². The zero-order valence-corrected chi connectivity index (χ0v) is 10.1. The number of phenols is 1. The van der Waals surface area contributed by atoms with Crippen molar-refractivity contribution in [3.05, 3.63) is 41.0 Å². The number of allylic oxidation sites excluding steroid dienone is 1. The normalized spacial score (nSPS) is 12.5. The highest BCUT2D eigenvalue weighted by molar-refractivity contribution is 5.42. The van der Waals surface area contributed by atoms with Crippen LogP contribution in [0.15, 0.2) is 24.3 Å². The van der Waals surface area contributed by atoms with Gasteiger partial charge in [-0.05, 0) is 55.9 Å². The number of hydrogen-bond donors (Lipinski definition) is 1. The van der Waals surface area contributed by atoms with Crippen molar-refractivity contribution >= 4 is 0 Å². The summed E-state index contributed by atoms with van der Waals surface area (Å²) in [5.74, 6) is 0.818. The molecule has 0 saturated heterocycles. The largest absolute Gasteiger partial charge is 0.508 e. The van der Waals surface area contributed by atoms with Crippen molar-refractivity contribution in [1.82, 2.24) is 0 Å². The maximum Gasteiger partial charge on any atom is 0.118 e. The van der Waals surface area contributed by atoms with Gasteiger partial charge in [0.1, 0.15) is 5.75 Å². The van der Waals surface area contributed by atoms with E-state index in [1.165, 1.54) is 16.7 Å². The first-order valence-electron chi connectivity index (χ1n) is 5.36. The summed E-state index contributed by atoms with van der Waals surface area (Å²) in [6.45, 7) is 12.2. The smallest absolute Gasteiger partial charge is 0.118 e. The van der Waals surface area contributed by atoms with Crippen LogP contribution in [0.25, 0.3) is 0 Å². The fraction of sp³-hybridized carbons (Fsp3) is 0.429. The van der Waals surface area contributed by atoms with Gasteiger partial charge in [0, 0.05) is 0 Å². The first-order chi connectivity index (χ1) is 6.91. The van der Waals surface area contributed by atoms with Crippen LogP contribution in [-0.4, -0.2) is 5.11 Å². The van der Waals surface area contributed by atoms with E-state index in [0.717, 1.165) is 12.0 Å². The second-order valence-electron chi connectivity index (χ2n) is 4.56. The second kappa shape index (κ2) is 4.52. The molecule has 1 atom stereocenters. The van der Waals surface area contributed by atoms with Crippen LogP contribution in [0, 0.1) is 13.8 Å². The highest BCUT2D eigenvalue weighted by Crippen LogP contribution is 2.30. The molecule has 1 nitrogen and oxygen atoms in total. The second-order valence-corrected chi connectivity index (χ2v) is 4.56. The van der Waals surface area contributed by atoms with E-state index in [-0.39, 0.29) is 0 Å². The summed E-state index contributed by atoms with van der Waals surface area (Å²) >= 11 is 0. The number of rotatable bonds is 3. The Morgan fingerprint density at radius 1 is 1.33 bits per heavy atom. The minimum absolute atomic E-state index is 0.393. The molecular weight excluding hydrogens is 184 g/mol. The molecule has 1 N–H and O–H groups in total. The first-order valence-corrected chi connectivity index (χ1v) is 5.36. The maximum atomic E-state index is 9.69. The van der Waals surface area contributed by atoms with E-state index in [2.05, 4.69) is 20.4 Å². The van der Waals surface area contributed by atoms with E-state index >= 15 is 0 Å². The van der Waals surface area contributed by atoms with E-state index in [1.54, 1.807) is 0 Å². The molecule has 0 heterocycles. The predicted molar refractivity (Wildman–Crippen MR) is 65.4 cm³/mol. The van der Waals surface area contributed by atoms with E-state index < -0.39 is 0 Å². The lowest BCUT2D eigenvalue weighted by atomic mass is 9.90. The number of phenolic OH excluding ortho intramolecular Hbond substituents is 1. The Kier molecular flexibility index (Phi) is 3.57. The molecule has 1 rings (SSSR count). The van der Waals surface area contributed by atoms with Gasteiger partial charge in [-0.2, -0.15) is 0 Å². The molecule has 0 saturated carbocycles. The quantitative estimate of drug-likeness (QED) is 0.735.